The van der Waals surface area contributed by atoms with Gasteiger partial charge in [0.1, 0.15) is 22.9 Å². The van der Waals surface area contributed by atoms with Crippen LogP contribution >= 0.6 is 11.3 Å². The number of hydrogen-bond acceptors (Lipinski definition) is 6. The van der Waals surface area contributed by atoms with E-state index in [2.05, 4.69) is 55.3 Å². The molecule has 1 heterocycles. The summed E-state index contributed by atoms with van der Waals surface area (Å²) in [6.07, 6.45) is 0. The number of nitrogens with zero attached hydrogens (tertiary/aromatic N) is 1. The van der Waals surface area contributed by atoms with E-state index in [4.69, 9.17) is 9.47 Å². The van der Waals surface area contributed by atoms with E-state index < -0.39 is 5.97 Å². The second kappa shape index (κ2) is 11.3. The smallest absolute Gasteiger partial charge is 0.341 e. The molecule has 3 rings (SSSR count). The SMILES string of the molecule is CCOC(=O)c1c(NC(C)=O)sc2c(OCCN(CC)CC)c(-c3ccc(C)cc3)ccc12. The van der Waals surface area contributed by atoms with Crippen molar-refractivity contribution in [2.45, 2.75) is 34.6 Å². The molecule has 2 aromatic carbocycles. The molecule has 0 saturated heterocycles. The molecule has 1 aromatic heterocycles. The van der Waals surface area contributed by atoms with Crippen LogP contribution in [-0.4, -0.2) is 49.6 Å². The molecule has 7 heteroatoms. The molecular formula is C26H32N2O4S. The lowest BCUT2D eigenvalue weighted by molar-refractivity contribution is -0.114. The molecule has 1 N–H and O–H groups in total. The third-order valence-corrected chi connectivity index (χ3v) is 6.61. The van der Waals surface area contributed by atoms with Crippen molar-refractivity contribution in [1.29, 1.82) is 0 Å². The number of nitrogens with one attached hydrogen (secondary N) is 1. The lowest BCUT2D eigenvalue weighted by Crippen LogP contribution is -2.28. The summed E-state index contributed by atoms with van der Waals surface area (Å²) < 4.78 is 12.5. The zero-order valence-corrected chi connectivity index (χ0v) is 20.8. The molecule has 0 atom stereocenters. The van der Waals surface area contributed by atoms with E-state index in [9.17, 15) is 9.59 Å². The van der Waals surface area contributed by atoms with Crippen molar-refractivity contribution in [3.63, 3.8) is 0 Å². The van der Waals surface area contributed by atoms with Gasteiger partial charge in [0.2, 0.25) is 5.91 Å². The first kappa shape index (κ1) is 24.7. The second-order valence-corrected chi connectivity index (χ2v) is 8.79. The molecule has 0 aliphatic carbocycles. The van der Waals surface area contributed by atoms with Crippen LogP contribution in [0.4, 0.5) is 5.00 Å². The average molecular weight is 469 g/mol. The summed E-state index contributed by atoms with van der Waals surface area (Å²) in [5, 5.41) is 4.00. The molecule has 0 spiro atoms. The van der Waals surface area contributed by atoms with Gasteiger partial charge in [-0.25, -0.2) is 4.79 Å². The highest BCUT2D eigenvalue weighted by Gasteiger charge is 2.25. The molecule has 6 nitrogen and oxygen atoms in total. The molecule has 0 bridgehead atoms. The summed E-state index contributed by atoms with van der Waals surface area (Å²) >= 11 is 1.34. The lowest BCUT2D eigenvalue weighted by atomic mass is 10.0. The minimum Gasteiger partial charge on any atom is -0.490 e. The van der Waals surface area contributed by atoms with Crippen molar-refractivity contribution >= 4 is 38.3 Å². The Morgan fingerprint density at radius 3 is 2.33 bits per heavy atom. The summed E-state index contributed by atoms with van der Waals surface area (Å²) in [5.74, 6) is 0.0233. The van der Waals surface area contributed by atoms with E-state index in [0.29, 0.717) is 17.2 Å². The van der Waals surface area contributed by atoms with Crippen molar-refractivity contribution in [3.8, 4) is 16.9 Å². The van der Waals surface area contributed by atoms with Gasteiger partial charge in [-0.1, -0.05) is 49.7 Å². The highest BCUT2D eigenvalue weighted by Crippen LogP contribution is 2.46. The van der Waals surface area contributed by atoms with E-state index in [1.807, 2.05) is 12.1 Å². The maximum Gasteiger partial charge on any atom is 0.341 e. The largest absolute Gasteiger partial charge is 0.490 e. The minimum atomic E-state index is -0.454. The van der Waals surface area contributed by atoms with E-state index in [1.165, 1.54) is 23.8 Å². The summed E-state index contributed by atoms with van der Waals surface area (Å²) in [6, 6.07) is 12.2. The number of rotatable bonds is 10. The van der Waals surface area contributed by atoms with E-state index in [0.717, 1.165) is 46.6 Å². The molecule has 0 unspecified atom stereocenters. The molecule has 0 saturated carbocycles. The van der Waals surface area contributed by atoms with Crippen molar-refractivity contribution in [1.82, 2.24) is 4.90 Å². The number of ether oxygens (including phenoxy) is 2. The van der Waals surface area contributed by atoms with Crippen LogP contribution in [0.1, 0.15) is 43.6 Å². The van der Waals surface area contributed by atoms with E-state index in [1.54, 1.807) is 6.92 Å². The number of aryl methyl sites for hydroxylation is 1. The topological polar surface area (TPSA) is 67.9 Å². The summed E-state index contributed by atoms with van der Waals surface area (Å²) in [4.78, 5) is 26.9. The van der Waals surface area contributed by atoms with Gasteiger partial charge >= 0.3 is 5.97 Å². The summed E-state index contributed by atoms with van der Waals surface area (Å²) in [6.45, 7) is 13.0. The predicted molar refractivity (Wildman–Crippen MR) is 136 cm³/mol. The Kier molecular flexibility index (Phi) is 8.47. The second-order valence-electron chi connectivity index (χ2n) is 7.77. The van der Waals surface area contributed by atoms with Crippen LogP contribution in [0.5, 0.6) is 5.75 Å². The fourth-order valence-electron chi connectivity index (χ4n) is 3.71. The Morgan fingerprint density at radius 1 is 1.03 bits per heavy atom. The zero-order valence-electron chi connectivity index (χ0n) is 20.0. The van der Waals surface area contributed by atoms with E-state index >= 15 is 0 Å². The molecule has 3 aromatic rings. The van der Waals surface area contributed by atoms with Gasteiger partial charge in [-0.2, -0.15) is 0 Å². The molecule has 0 radical (unpaired) electrons. The maximum absolute atomic E-state index is 12.8. The number of benzene rings is 2. The van der Waals surface area contributed by atoms with Gasteiger partial charge in [0.15, 0.2) is 0 Å². The van der Waals surface area contributed by atoms with Gasteiger partial charge in [0.25, 0.3) is 0 Å². The molecule has 1 amide bonds. The van der Waals surface area contributed by atoms with Crippen molar-refractivity contribution in [3.05, 3.63) is 47.5 Å². The molecular weight excluding hydrogens is 436 g/mol. The Hall–Kier alpha value is -2.90. The van der Waals surface area contributed by atoms with Crippen LogP contribution in [0.15, 0.2) is 36.4 Å². The van der Waals surface area contributed by atoms with Gasteiger partial charge in [0, 0.05) is 24.4 Å². The quantitative estimate of drug-likeness (QED) is 0.385. The van der Waals surface area contributed by atoms with Crippen LogP contribution in [0.2, 0.25) is 0 Å². The number of carbonyl (C=O) groups excluding carboxylic acids is 2. The number of carbonyl (C=O) groups is 2. The lowest BCUT2D eigenvalue weighted by Gasteiger charge is -2.19. The fourth-order valence-corrected chi connectivity index (χ4v) is 4.95. The Labute approximate surface area is 199 Å². The predicted octanol–water partition coefficient (Wildman–Crippen LogP) is 5.73. The van der Waals surface area contributed by atoms with Crippen LogP contribution < -0.4 is 10.1 Å². The van der Waals surface area contributed by atoms with Gasteiger partial charge in [-0.3, -0.25) is 4.79 Å². The maximum atomic E-state index is 12.8. The normalized spacial score (nSPS) is 11.1. The summed E-state index contributed by atoms with van der Waals surface area (Å²) in [5.41, 5.74) is 3.54. The van der Waals surface area contributed by atoms with Crippen LogP contribution in [0.25, 0.3) is 21.2 Å². The van der Waals surface area contributed by atoms with Crippen molar-refractivity contribution in [2.24, 2.45) is 0 Å². The number of amides is 1. The first-order valence-electron chi connectivity index (χ1n) is 11.4. The summed E-state index contributed by atoms with van der Waals surface area (Å²) in [7, 11) is 0. The Balaban J connectivity index is 2.16. The fraction of sp³-hybridized carbons (Fsp3) is 0.385. The standard InChI is InChI=1S/C26H32N2O4S/c1-6-28(7-2)15-16-32-23-20(19-11-9-17(4)10-12-19)13-14-21-22(26(30)31-8-3)25(27-18(5)29)33-24(21)23/h9-14H,6-8,15-16H2,1-5H3,(H,27,29). The average Bonchev–Trinajstić information content (AvgIpc) is 3.15. The van der Waals surface area contributed by atoms with Gasteiger partial charge in [0.05, 0.1) is 11.3 Å². The molecule has 0 aliphatic heterocycles. The van der Waals surface area contributed by atoms with Crippen LogP contribution in [0, 0.1) is 6.92 Å². The molecule has 33 heavy (non-hydrogen) atoms. The Morgan fingerprint density at radius 2 is 1.73 bits per heavy atom. The molecule has 0 fully saturated rings. The van der Waals surface area contributed by atoms with Gasteiger partial charge in [-0.05, 0) is 38.6 Å². The van der Waals surface area contributed by atoms with Crippen LogP contribution in [-0.2, 0) is 9.53 Å². The third-order valence-electron chi connectivity index (χ3n) is 5.49. The number of fused-ring (bicyclic) bond motifs is 1. The first-order chi connectivity index (χ1) is 15.9. The van der Waals surface area contributed by atoms with Crippen LogP contribution in [0.3, 0.4) is 0 Å². The zero-order chi connectivity index (χ0) is 24.0. The number of likely N-dealkylation sites (N-methyl/N-ethyl adjacent to an activating group) is 1. The highest BCUT2D eigenvalue weighted by molar-refractivity contribution is 7.24. The van der Waals surface area contributed by atoms with Crippen molar-refractivity contribution in [2.75, 3.05) is 38.2 Å². The number of thiophene rings is 1. The number of anilines is 1. The van der Waals surface area contributed by atoms with Gasteiger partial charge in [-0.15, -0.1) is 11.3 Å². The third kappa shape index (κ3) is 5.72. The minimum absolute atomic E-state index is 0.241. The molecule has 0 aliphatic rings. The van der Waals surface area contributed by atoms with E-state index in [-0.39, 0.29) is 12.5 Å². The Bertz CT molecular complexity index is 1120. The monoisotopic (exact) mass is 468 g/mol. The first-order valence-corrected chi connectivity index (χ1v) is 12.2. The number of esters is 1. The highest BCUT2D eigenvalue weighted by atomic mass is 32.1. The number of hydrogen-bond donors (Lipinski definition) is 1. The van der Waals surface area contributed by atoms with Crippen molar-refractivity contribution < 1.29 is 19.1 Å². The van der Waals surface area contributed by atoms with Gasteiger partial charge < -0.3 is 19.7 Å². The molecule has 176 valence electrons.